The van der Waals surface area contributed by atoms with Crippen molar-refractivity contribution in [2.45, 2.75) is 62.9 Å². The lowest BCUT2D eigenvalue weighted by Gasteiger charge is -2.39. The fourth-order valence-electron chi connectivity index (χ4n) is 6.25. The van der Waals surface area contributed by atoms with Crippen LogP contribution in [-0.4, -0.2) is 74.4 Å². The minimum Gasteiger partial charge on any atom is -0.389 e. The maximum Gasteiger partial charge on any atom is 0.227 e. The first-order chi connectivity index (χ1) is 16.9. The predicted octanol–water partition coefficient (Wildman–Crippen LogP) is 3.19. The molecule has 2 aromatic heterocycles. The molecule has 8 nitrogen and oxygen atoms in total. The van der Waals surface area contributed by atoms with E-state index in [0.29, 0.717) is 37.7 Å². The van der Waals surface area contributed by atoms with Gasteiger partial charge in [-0.2, -0.15) is 5.10 Å². The van der Waals surface area contributed by atoms with Gasteiger partial charge in [-0.1, -0.05) is 0 Å². The fraction of sp³-hybridized carbons (Fsp3) is 0.577. The number of fused-ring (bicyclic) bond motifs is 2. The number of nitrogens with one attached hydrogen (secondary N) is 1. The van der Waals surface area contributed by atoms with Gasteiger partial charge in [0.05, 0.1) is 54.0 Å². The van der Waals surface area contributed by atoms with Crippen LogP contribution < -0.4 is 5.32 Å². The molecule has 4 fully saturated rings. The molecule has 4 heterocycles. The van der Waals surface area contributed by atoms with E-state index < -0.39 is 12.3 Å². The molecule has 2 aliphatic carbocycles. The lowest BCUT2D eigenvalue weighted by atomic mass is 9.84. The fourth-order valence-corrected chi connectivity index (χ4v) is 6.25. The van der Waals surface area contributed by atoms with Crippen LogP contribution in [0.15, 0.2) is 24.5 Å². The molecule has 4 unspecified atom stereocenters. The average Bonchev–Trinajstić information content (AvgIpc) is 3.60. The summed E-state index contributed by atoms with van der Waals surface area (Å²) in [6.07, 6.45) is 5.34. The zero-order valence-corrected chi connectivity index (χ0v) is 20.1. The molecular weight excluding hydrogens is 447 g/mol. The van der Waals surface area contributed by atoms with Crippen LogP contribution in [0.25, 0.3) is 10.9 Å². The Morgan fingerprint density at radius 3 is 2.74 bits per heavy atom. The van der Waals surface area contributed by atoms with Crippen molar-refractivity contribution in [3.63, 3.8) is 0 Å². The van der Waals surface area contributed by atoms with E-state index in [1.54, 1.807) is 0 Å². The Morgan fingerprint density at radius 2 is 2.03 bits per heavy atom. The molecule has 2 N–H and O–H groups in total. The topological polar surface area (TPSA) is 88.3 Å². The number of ether oxygens (including phenoxy) is 1. The van der Waals surface area contributed by atoms with Gasteiger partial charge in [0.15, 0.2) is 0 Å². The van der Waals surface area contributed by atoms with Crippen molar-refractivity contribution in [3.8, 4) is 0 Å². The highest BCUT2D eigenvalue weighted by Crippen LogP contribution is 2.72. The van der Waals surface area contributed by atoms with E-state index in [2.05, 4.69) is 33.1 Å². The minimum absolute atomic E-state index is 0.105. The van der Waals surface area contributed by atoms with Crippen LogP contribution in [0.5, 0.6) is 0 Å². The van der Waals surface area contributed by atoms with E-state index in [1.165, 1.54) is 12.8 Å². The molecule has 7 rings (SSSR count). The molecule has 0 spiro atoms. The number of aromatic nitrogens is 4. The molecule has 35 heavy (non-hydrogen) atoms. The van der Waals surface area contributed by atoms with Crippen LogP contribution in [0.4, 0.5) is 16.0 Å². The Balaban J connectivity index is 1.12. The molecule has 4 aliphatic rings. The van der Waals surface area contributed by atoms with E-state index >= 15 is 4.39 Å². The molecule has 3 aromatic rings. The first-order valence-corrected chi connectivity index (χ1v) is 12.7. The lowest BCUT2D eigenvalue weighted by Crippen LogP contribution is -2.50. The number of anilines is 2. The van der Waals surface area contributed by atoms with E-state index in [-0.39, 0.29) is 12.0 Å². The van der Waals surface area contributed by atoms with Gasteiger partial charge in [0, 0.05) is 24.0 Å². The summed E-state index contributed by atoms with van der Waals surface area (Å²) in [4.78, 5) is 11.4. The van der Waals surface area contributed by atoms with Crippen LogP contribution >= 0.6 is 0 Å². The molecule has 1 aromatic carbocycles. The summed E-state index contributed by atoms with van der Waals surface area (Å²) in [6, 6.07) is 3.99. The van der Waals surface area contributed by atoms with Crippen molar-refractivity contribution >= 4 is 22.5 Å². The van der Waals surface area contributed by atoms with Gasteiger partial charge < -0.3 is 15.2 Å². The highest BCUT2D eigenvalue weighted by Gasteiger charge is 2.72. The van der Waals surface area contributed by atoms with Crippen LogP contribution in [0.1, 0.15) is 42.0 Å². The van der Waals surface area contributed by atoms with Gasteiger partial charge in [0.1, 0.15) is 6.17 Å². The first kappa shape index (κ1) is 21.6. The molecule has 184 valence electrons. The van der Waals surface area contributed by atoms with E-state index in [4.69, 9.17) is 9.72 Å². The van der Waals surface area contributed by atoms with Crippen molar-refractivity contribution in [1.82, 2.24) is 24.6 Å². The van der Waals surface area contributed by atoms with Crippen LogP contribution in [-0.2, 0) is 10.3 Å². The number of aliphatic hydroxyl groups is 1. The molecule has 2 aliphatic heterocycles. The standard InChI is InChI=1S/C26H31FN6O2/c1-14-5-16-9-28-25(31-22-10-29-33(15(22)2)26-7-17(26)8-26)30-21(16)6-19(14)18-3-4-32(11-20(18)27)23-12-35-13-24(23)34/h5-6,9-10,17-18,20,23-24,34H,3-4,7-8,11-13H2,1-2H3,(H,28,30,31). The average molecular weight is 479 g/mol. The zero-order chi connectivity index (χ0) is 23.9. The summed E-state index contributed by atoms with van der Waals surface area (Å²) < 4.78 is 23.0. The summed E-state index contributed by atoms with van der Waals surface area (Å²) in [5.41, 5.74) is 5.22. The highest BCUT2D eigenvalue weighted by atomic mass is 19.1. The molecule has 9 heteroatoms. The monoisotopic (exact) mass is 478 g/mol. The number of aliphatic hydroxyl groups excluding tert-OH is 1. The molecule has 2 saturated heterocycles. The maximum atomic E-state index is 15.4. The number of benzene rings is 1. The number of likely N-dealkylation sites (tertiary alicyclic amines) is 1. The van der Waals surface area contributed by atoms with Crippen molar-refractivity contribution in [3.05, 3.63) is 41.3 Å². The van der Waals surface area contributed by atoms with Gasteiger partial charge >= 0.3 is 0 Å². The Bertz CT molecular complexity index is 1300. The second-order valence-corrected chi connectivity index (χ2v) is 10.9. The molecule has 2 saturated carbocycles. The number of hydrogen-bond donors (Lipinski definition) is 2. The Hall–Kier alpha value is -2.62. The summed E-state index contributed by atoms with van der Waals surface area (Å²) in [5.74, 6) is 1.15. The quantitative estimate of drug-likeness (QED) is 0.582. The summed E-state index contributed by atoms with van der Waals surface area (Å²) >= 11 is 0. The smallest absolute Gasteiger partial charge is 0.227 e. The lowest BCUT2D eigenvalue weighted by molar-refractivity contribution is 0.0352. The summed E-state index contributed by atoms with van der Waals surface area (Å²) in [5, 5.41) is 19.1. The number of hydrogen-bond acceptors (Lipinski definition) is 7. The Labute approximate surface area is 203 Å². The van der Waals surface area contributed by atoms with Gasteiger partial charge in [-0.15, -0.1) is 0 Å². The second kappa shape index (κ2) is 7.69. The van der Waals surface area contributed by atoms with Gasteiger partial charge in [0.25, 0.3) is 0 Å². The van der Waals surface area contributed by atoms with Crippen LogP contribution in [0, 0.1) is 19.8 Å². The van der Waals surface area contributed by atoms with E-state index in [0.717, 1.165) is 45.9 Å². The van der Waals surface area contributed by atoms with Crippen LogP contribution in [0.3, 0.4) is 0 Å². The minimum atomic E-state index is -1.01. The molecular formula is C26H31FN6O2. The number of halogens is 1. The van der Waals surface area contributed by atoms with Gasteiger partial charge in [0.2, 0.25) is 5.95 Å². The van der Waals surface area contributed by atoms with Crippen molar-refractivity contribution in [2.75, 3.05) is 31.6 Å². The third-order valence-electron chi connectivity index (χ3n) is 8.75. The number of alkyl halides is 1. The van der Waals surface area contributed by atoms with Gasteiger partial charge in [-0.3, -0.25) is 9.58 Å². The number of aryl methyl sites for hydroxylation is 1. The predicted molar refractivity (Wildman–Crippen MR) is 130 cm³/mol. The van der Waals surface area contributed by atoms with Crippen molar-refractivity contribution in [2.24, 2.45) is 5.92 Å². The number of nitrogens with zero attached hydrogens (tertiary/aromatic N) is 5. The normalized spacial score (nSPS) is 34.2. The third-order valence-corrected chi connectivity index (χ3v) is 8.75. The molecule has 0 bridgehead atoms. The van der Waals surface area contributed by atoms with Gasteiger partial charge in [-0.05, 0) is 68.8 Å². The summed E-state index contributed by atoms with van der Waals surface area (Å²) in [7, 11) is 0. The second-order valence-electron chi connectivity index (χ2n) is 10.9. The first-order valence-electron chi connectivity index (χ1n) is 12.7. The number of rotatable bonds is 5. The van der Waals surface area contributed by atoms with Crippen LogP contribution in [0.2, 0.25) is 0 Å². The molecule has 4 atom stereocenters. The third kappa shape index (κ3) is 3.47. The zero-order valence-electron chi connectivity index (χ0n) is 20.1. The maximum absolute atomic E-state index is 15.4. The molecule has 0 radical (unpaired) electrons. The SMILES string of the molecule is Cc1cc2cnc(Nc3cnn(C45CC4C5)c3C)nc2cc1C1CCN(C2COCC2O)CC1F. The Morgan fingerprint density at radius 1 is 1.20 bits per heavy atom. The largest absolute Gasteiger partial charge is 0.389 e. The van der Waals surface area contributed by atoms with E-state index in [9.17, 15) is 5.11 Å². The van der Waals surface area contributed by atoms with Crippen molar-refractivity contribution in [1.29, 1.82) is 0 Å². The number of piperidine rings is 1. The van der Waals surface area contributed by atoms with Gasteiger partial charge in [-0.25, -0.2) is 14.4 Å². The Kier molecular flexibility index (Phi) is 4.75. The highest BCUT2D eigenvalue weighted by molar-refractivity contribution is 5.81. The van der Waals surface area contributed by atoms with E-state index in [1.807, 2.05) is 30.3 Å². The molecule has 0 amide bonds. The van der Waals surface area contributed by atoms with Crippen molar-refractivity contribution < 1.29 is 14.2 Å². The summed E-state index contributed by atoms with van der Waals surface area (Å²) in [6.45, 7) is 5.99.